The number of amides is 1. The Balaban J connectivity index is 2.02. The number of benzene rings is 1. The van der Waals surface area contributed by atoms with Gasteiger partial charge in [-0.3, -0.25) is 10.1 Å². The SMILES string of the molecule is CCc1nnc(NC(=S)NC(=O)c2ccc(OC)c(OC)c2)s1. The van der Waals surface area contributed by atoms with Crippen molar-refractivity contribution in [3.8, 4) is 11.5 Å². The van der Waals surface area contributed by atoms with Crippen LogP contribution in [0.25, 0.3) is 0 Å². The molecule has 2 N–H and O–H groups in total. The van der Waals surface area contributed by atoms with Crippen LogP contribution in [-0.4, -0.2) is 35.4 Å². The highest BCUT2D eigenvalue weighted by atomic mass is 32.1. The average Bonchev–Trinajstić information content (AvgIpc) is 3.01. The minimum Gasteiger partial charge on any atom is -0.493 e. The van der Waals surface area contributed by atoms with Crippen LogP contribution >= 0.6 is 23.6 Å². The molecule has 0 fully saturated rings. The van der Waals surface area contributed by atoms with E-state index in [0.29, 0.717) is 22.2 Å². The van der Waals surface area contributed by atoms with Crippen molar-refractivity contribution in [2.24, 2.45) is 0 Å². The Kier molecular flexibility index (Phi) is 5.83. The Morgan fingerprint density at radius 2 is 2.00 bits per heavy atom. The van der Waals surface area contributed by atoms with Gasteiger partial charge in [0.15, 0.2) is 16.6 Å². The first-order chi connectivity index (χ1) is 11.1. The number of anilines is 1. The number of hydrogen-bond donors (Lipinski definition) is 2. The second kappa shape index (κ2) is 7.84. The molecule has 0 atom stereocenters. The molecule has 0 saturated carbocycles. The fraction of sp³-hybridized carbons (Fsp3) is 0.286. The molecule has 0 unspecified atom stereocenters. The third kappa shape index (κ3) is 4.36. The van der Waals surface area contributed by atoms with Gasteiger partial charge in [0.1, 0.15) is 5.01 Å². The molecule has 122 valence electrons. The van der Waals surface area contributed by atoms with E-state index in [1.165, 1.54) is 25.6 Å². The van der Waals surface area contributed by atoms with Crippen LogP contribution < -0.4 is 20.1 Å². The van der Waals surface area contributed by atoms with Crippen molar-refractivity contribution in [1.29, 1.82) is 0 Å². The Labute approximate surface area is 143 Å². The van der Waals surface area contributed by atoms with Crippen molar-refractivity contribution in [3.63, 3.8) is 0 Å². The number of nitrogens with zero attached hydrogens (tertiary/aromatic N) is 2. The Morgan fingerprint density at radius 3 is 2.61 bits per heavy atom. The van der Waals surface area contributed by atoms with Crippen LogP contribution in [0, 0.1) is 0 Å². The first-order valence-electron chi connectivity index (χ1n) is 6.74. The van der Waals surface area contributed by atoms with E-state index in [1.807, 2.05) is 6.92 Å². The smallest absolute Gasteiger partial charge is 0.257 e. The second-order valence-corrected chi connectivity index (χ2v) is 5.80. The molecular weight excluding hydrogens is 336 g/mol. The first kappa shape index (κ1) is 17.1. The second-order valence-electron chi connectivity index (χ2n) is 4.33. The molecule has 2 rings (SSSR count). The summed E-state index contributed by atoms with van der Waals surface area (Å²) in [5.74, 6) is 0.658. The summed E-state index contributed by atoms with van der Waals surface area (Å²) in [7, 11) is 3.04. The number of rotatable bonds is 5. The fourth-order valence-corrected chi connectivity index (χ4v) is 2.67. The summed E-state index contributed by atoms with van der Waals surface area (Å²) in [4.78, 5) is 12.2. The van der Waals surface area contributed by atoms with Gasteiger partial charge in [-0.25, -0.2) is 0 Å². The zero-order valence-electron chi connectivity index (χ0n) is 12.9. The number of thiocarbonyl (C=S) groups is 1. The number of hydrogen-bond acceptors (Lipinski definition) is 7. The maximum Gasteiger partial charge on any atom is 0.257 e. The summed E-state index contributed by atoms with van der Waals surface area (Å²) in [5.41, 5.74) is 0.401. The Hall–Kier alpha value is -2.26. The highest BCUT2D eigenvalue weighted by Gasteiger charge is 2.13. The maximum atomic E-state index is 12.2. The van der Waals surface area contributed by atoms with Crippen LogP contribution in [0.3, 0.4) is 0 Å². The lowest BCUT2D eigenvalue weighted by Crippen LogP contribution is -2.34. The molecule has 7 nitrogen and oxygen atoms in total. The van der Waals surface area contributed by atoms with Crippen molar-refractivity contribution >= 4 is 39.7 Å². The first-order valence-corrected chi connectivity index (χ1v) is 7.96. The molecule has 0 aliphatic rings. The predicted molar refractivity (Wildman–Crippen MR) is 92.5 cm³/mol. The lowest BCUT2D eigenvalue weighted by atomic mass is 10.2. The quantitative estimate of drug-likeness (QED) is 0.798. The number of ether oxygens (including phenoxy) is 2. The van der Waals surface area contributed by atoms with Gasteiger partial charge in [-0.15, -0.1) is 10.2 Å². The van der Waals surface area contributed by atoms with Gasteiger partial charge in [-0.2, -0.15) is 0 Å². The Bertz CT molecular complexity index is 718. The number of carbonyl (C=O) groups excluding carboxylic acids is 1. The molecule has 0 bridgehead atoms. The molecule has 1 aromatic carbocycles. The maximum absolute atomic E-state index is 12.2. The lowest BCUT2D eigenvalue weighted by Gasteiger charge is -2.10. The number of aromatic nitrogens is 2. The van der Waals surface area contributed by atoms with Gasteiger partial charge < -0.3 is 14.8 Å². The van der Waals surface area contributed by atoms with E-state index < -0.39 is 0 Å². The van der Waals surface area contributed by atoms with Gasteiger partial charge in [0.2, 0.25) is 5.13 Å². The third-order valence-electron chi connectivity index (χ3n) is 2.86. The summed E-state index contributed by atoms with van der Waals surface area (Å²) in [6.07, 6.45) is 0.796. The van der Waals surface area contributed by atoms with Gasteiger partial charge in [0, 0.05) is 5.56 Å². The van der Waals surface area contributed by atoms with Gasteiger partial charge in [-0.1, -0.05) is 18.3 Å². The van der Waals surface area contributed by atoms with E-state index in [9.17, 15) is 4.79 Å². The van der Waals surface area contributed by atoms with Crippen molar-refractivity contribution in [2.45, 2.75) is 13.3 Å². The lowest BCUT2D eigenvalue weighted by molar-refractivity contribution is 0.0977. The number of carbonyl (C=O) groups is 1. The third-order valence-corrected chi connectivity index (χ3v) is 4.05. The predicted octanol–water partition coefficient (Wildman–Crippen LogP) is 2.24. The summed E-state index contributed by atoms with van der Waals surface area (Å²) >= 11 is 6.49. The molecule has 0 radical (unpaired) electrons. The zero-order chi connectivity index (χ0) is 16.8. The molecule has 23 heavy (non-hydrogen) atoms. The van der Waals surface area contributed by atoms with Gasteiger partial charge in [0.05, 0.1) is 14.2 Å². The molecule has 0 saturated heterocycles. The summed E-state index contributed by atoms with van der Waals surface area (Å²) in [6, 6.07) is 4.86. The summed E-state index contributed by atoms with van der Waals surface area (Å²) in [6.45, 7) is 1.99. The highest BCUT2D eigenvalue weighted by Crippen LogP contribution is 2.27. The number of aryl methyl sites for hydroxylation is 1. The molecule has 2 aromatic rings. The largest absolute Gasteiger partial charge is 0.493 e. The normalized spacial score (nSPS) is 10.0. The van der Waals surface area contributed by atoms with Gasteiger partial charge >= 0.3 is 0 Å². The standard InChI is InChI=1S/C14H16N4O3S2/c1-4-11-17-18-14(23-11)16-13(22)15-12(19)8-5-6-9(20-2)10(7-8)21-3/h5-7H,4H2,1-3H3,(H2,15,16,18,19,22). The van der Waals surface area contributed by atoms with Crippen molar-refractivity contribution in [1.82, 2.24) is 15.5 Å². The molecular formula is C14H16N4O3S2. The summed E-state index contributed by atoms with van der Waals surface area (Å²) < 4.78 is 10.3. The fourth-order valence-electron chi connectivity index (χ4n) is 1.73. The van der Waals surface area contributed by atoms with Crippen molar-refractivity contribution in [2.75, 3.05) is 19.5 Å². The van der Waals surface area contributed by atoms with Gasteiger partial charge in [0.25, 0.3) is 5.91 Å². The van der Waals surface area contributed by atoms with Crippen LogP contribution in [0.15, 0.2) is 18.2 Å². The van der Waals surface area contributed by atoms with E-state index in [2.05, 4.69) is 20.8 Å². The molecule has 1 amide bonds. The minimum atomic E-state index is -0.358. The van der Waals surface area contributed by atoms with E-state index >= 15 is 0 Å². The molecule has 0 spiro atoms. The number of nitrogens with one attached hydrogen (secondary N) is 2. The molecule has 1 aromatic heterocycles. The van der Waals surface area contributed by atoms with E-state index in [-0.39, 0.29) is 11.0 Å². The molecule has 1 heterocycles. The Morgan fingerprint density at radius 1 is 1.26 bits per heavy atom. The van der Waals surface area contributed by atoms with Crippen molar-refractivity contribution < 1.29 is 14.3 Å². The van der Waals surface area contributed by atoms with Crippen LogP contribution in [0.5, 0.6) is 11.5 Å². The zero-order valence-corrected chi connectivity index (χ0v) is 14.5. The molecule has 0 aliphatic heterocycles. The minimum absolute atomic E-state index is 0.156. The number of methoxy groups -OCH3 is 2. The topological polar surface area (TPSA) is 85.4 Å². The van der Waals surface area contributed by atoms with Gasteiger partial charge in [-0.05, 0) is 36.8 Å². The van der Waals surface area contributed by atoms with Crippen LogP contribution in [-0.2, 0) is 6.42 Å². The van der Waals surface area contributed by atoms with Crippen LogP contribution in [0.1, 0.15) is 22.3 Å². The molecule has 0 aliphatic carbocycles. The monoisotopic (exact) mass is 352 g/mol. The van der Waals surface area contributed by atoms with Crippen molar-refractivity contribution in [3.05, 3.63) is 28.8 Å². The van der Waals surface area contributed by atoms with E-state index in [1.54, 1.807) is 18.2 Å². The van der Waals surface area contributed by atoms with E-state index in [4.69, 9.17) is 21.7 Å². The highest BCUT2D eigenvalue weighted by molar-refractivity contribution is 7.80. The van der Waals surface area contributed by atoms with Crippen LogP contribution in [0.2, 0.25) is 0 Å². The average molecular weight is 352 g/mol. The summed E-state index contributed by atoms with van der Waals surface area (Å²) in [5, 5.41) is 14.9. The molecule has 9 heteroatoms. The van der Waals surface area contributed by atoms with E-state index in [0.717, 1.165) is 11.4 Å². The van der Waals surface area contributed by atoms with Crippen LogP contribution in [0.4, 0.5) is 5.13 Å².